The molecule has 0 unspecified atom stereocenters. The van der Waals surface area contributed by atoms with Gasteiger partial charge in [-0.1, -0.05) is 17.4 Å². The number of carbonyl (C=O) groups is 1. The number of rotatable bonds is 8. The van der Waals surface area contributed by atoms with Crippen LogP contribution in [0.5, 0.6) is 11.5 Å². The Balaban J connectivity index is 1.84. The van der Waals surface area contributed by atoms with Crippen LogP contribution in [0.25, 0.3) is 0 Å². The summed E-state index contributed by atoms with van der Waals surface area (Å²) in [5.41, 5.74) is 1.46. The normalized spacial score (nSPS) is 14.8. The van der Waals surface area contributed by atoms with Crippen molar-refractivity contribution in [1.82, 2.24) is 15.0 Å². The van der Waals surface area contributed by atoms with Gasteiger partial charge in [-0.15, -0.1) is 0 Å². The van der Waals surface area contributed by atoms with E-state index in [9.17, 15) is 9.90 Å². The van der Waals surface area contributed by atoms with E-state index < -0.39 is 5.97 Å². The van der Waals surface area contributed by atoms with Crippen molar-refractivity contribution in [2.75, 3.05) is 26.5 Å². The Morgan fingerprint density at radius 3 is 2.77 bits per heavy atom. The molecule has 2 aromatic rings. The molecule has 0 bridgehead atoms. The molecule has 0 spiro atoms. The van der Waals surface area contributed by atoms with Gasteiger partial charge >= 0.3 is 5.97 Å². The van der Waals surface area contributed by atoms with Gasteiger partial charge < -0.3 is 24.0 Å². The van der Waals surface area contributed by atoms with Crippen LogP contribution in [0.3, 0.4) is 0 Å². The topological polar surface area (TPSA) is 97.9 Å². The van der Waals surface area contributed by atoms with E-state index in [4.69, 9.17) is 26.2 Å². The molecule has 1 fully saturated rings. The van der Waals surface area contributed by atoms with E-state index in [1.807, 2.05) is 0 Å². The Bertz CT molecular complexity index is 947. The molecule has 0 amide bonds. The number of nitrogens with zero attached hydrogens (tertiary/aromatic N) is 3. The second-order valence-corrected chi connectivity index (χ2v) is 8.47. The van der Waals surface area contributed by atoms with Gasteiger partial charge in [0.05, 0.1) is 24.8 Å². The number of benzene rings is 1. The summed E-state index contributed by atoms with van der Waals surface area (Å²) in [6.45, 7) is 4.39. The summed E-state index contributed by atoms with van der Waals surface area (Å²) in [6.07, 6.45) is 1.87. The number of aromatic nitrogens is 2. The fraction of sp³-hybridized carbons (Fsp3) is 0.500. The van der Waals surface area contributed by atoms with E-state index in [1.54, 1.807) is 25.6 Å². The number of aromatic hydroxyl groups is 1. The number of hydrogen-bond acceptors (Lipinski definition) is 9. The van der Waals surface area contributed by atoms with Crippen LogP contribution < -0.4 is 4.74 Å². The van der Waals surface area contributed by atoms with Crippen LogP contribution in [0, 0.1) is 13.8 Å². The first-order valence-corrected chi connectivity index (χ1v) is 11.1. The highest BCUT2D eigenvalue weighted by molar-refractivity contribution is 7.98. The zero-order valence-corrected chi connectivity index (χ0v) is 19.1. The van der Waals surface area contributed by atoms with Crippen LogP contribution in [0.15, 0.2) is 10.6 Å². The van der Waals surface area contributed by atoms with Gasteiger partial charge in [0, 0.05) is 35.2 Å². The SMILES string of the molecule is COC(=O)c1c(C)c(OC)cc(O)c1CSC[C@@H](c1nc(C)no1)N1CCCC1=S. The van der Waals surface area contributed by atoms with Crippen molar-refractivity contribution in [1.29, 1.82) is 0 Å². The van der Waals surface area contributed by atoms with Crippen molar-refractivity contribution in [3.8, 4) is 11.5 Å². The molecule has 1 aliphatic heterocycles. The molecule has 30 heavy (non-hydrogen) atoms. The monoisotopic (exact) mass is 451 g/mol. The Hall–Kier alpha value is -2.33. The van der Waals surface area contributed by atoms with Crippen LogP contribution in [0.2, 0.25) is 0 Å². The first-order chi connectivity index (χ1) is 14.4. The lowest BCUT2D eigenvalue weighted by atomic mass is 10.0. The third kappa shape index (κ3) is 4.54. The van der Waals surface area contributed by atoms with Gasteiger partial charge in [0.15, 0.2) is 5.82 Å². The molecule has 0 saturated carbocycles. The van der Waals surface area contributed by atoms with E-state index >= 15 is 0 Å². The number of phenols is 1. The molecule has 1 saturated heterocycles. The van der Waals surface area contributed by atoms with Gasteiger partial charge in [-0.05, 0) is 26.7 Å². The Labute approximate surface area is 184 Å². The maximum absolute atomic E-state index is 12.4. The maximum atomic E-state index is 12.4. The molecule has 3 rings (SSSR count). The molecule has 1 aromatic heterocycles. The Morgan fingerprint density at radius 1 is 1.43 bits per heavy atom. The van der Waals surface area contributed by atoms with Crippen molar-refractivity contribution in [2.24, 2.45) is 0 Å². The quantitative estimate of drug-likeness (QED) is 0.473. The summed E-state index contributed by atoms with van der Waals surface area (Å²) in [6, 6.07) is 1.36. The van der Waals surface area contributed by atoms with Gasteiger partial charge in [0.25, 0.3) is 0 Å². The standard InChI is InChI=1S/C20H25N3O5S2/c1-11-16(26-3)8-15(24)13(18(11)20(25)27-4)9-30-10-14(19-21-12(2)22-28-19)23-7-5-6-17(23)29/h8,14,24H,5-7,9-10H2,1-4H3/t14-/m0/s1. The van der Waals surface area contributed by atoms with Crippen LogP contribution in [-0.2, 0) is 10.5 Å². The molecule has 162 valence electrons. The zero-order valence-electron chi connectivity index (χ0n) is 17.4. The average molecular weight is 452 g/mol. The number of hydrogen-bond donors (Lipinski definition) is 1. The smallest absolute Gasteiger partial charge is 0.338 e. The van der Waals surface area contributed by atoms with E-state index in [0.717, 1.165) is 24.4 Å². The lowest BCUT2D eigenvalue weighted by Crippen LogP contribution is -2.30. The highest BCUT2D eigenvalue weighted by Gasteiger charge is 2.31. The highest BCUT2D eigenvalue weighted by atomic mass is 32.2. The second-order valence-electron chi connectivity index (χ2n) is 6.97. The van der Waals surface area contributed by atoms with Gasteiger partial charge in [-0.3, -0.25) is 0 Å². The van der Waals surface area contributed by atoms with Gasteiger partial charge in [-0.2, -0.15) is 16.7 Å². The molecule has 0 aliphatic carbocycles. The summed E-state index contributed by atoms with van der Waals surface area (Å²) in [4.78, 5) is 19.8. The average Bonchev–Trinajstić information content (AvgIpc) is 3.35. The summed E-state index contributed by atoms with van der Waals surface area (Å²) in [7, 11) is 2.81. The molecule has 2 heterocycles. The highest BCUT2D eigenvalue weighted by Crippen LogP contribution is 2.37. The number of thioether (sulfide) groups is 1. The van der Waals surface area contributed by atoms with Crippen LogP contribution in [0.1, 0.15) is 52.1 Å². The van der Waals surface area contributed by atoms with E-state index in [1.165, 1.54) is 20.3 Å². The van der Waals surface area contributed by atoms with Gasteiger partial charge in [0.1, 0.15) is 17.5 Å². The minimum absolute atomic E-state index is 0.00720. The molecule has 1 aromatic carbocycles. The number of aryl methyl sites for hydroxylation is 1. The number of ether oxygens (including phenoxy) is 2. The molecule has 8 nitrogen and oxygen atoms in total. The van der Waals surface area contributed by atoms with Crippen LogP contribution >= 0.6 is 24.0 Å². The minimum Gasteiger partial charge on any atom is -0.507 e. The number of thiocarbonyl (C=S) groups is 1. The summed E-state index contributed by atoms with van der Waals surface area (Å²) in [5.74, 6) is 2.00. The van der Waals surface area contributed by atoms with Crippen molar-refractivity contribution in [2.45, 2.75) is 38.5 Å². The van der Waals surface area contributed by atoms with Crippen molar-refractivity contribution >= 4 is 34.9 Å². The molecule has 1 aliphatic rings. The predicted octanol–water partition coefficient (Wildman–Crippen LogP) is 3.58. The predicted molar refractivity (Wildman–Crippen MR) is 117 cm³/mol. The zero-order chi connectivity index (χ0) is 21.8. The third-order valence-electron chi connectivity index (χ3n) is 5.07. The lowest BCUT2D eigenvalue weighted by molar-refractivity contribution is 0.0598. The van der Waals surface area contributed by atoms with Crippen LogP contribution in [-0.4, -0.2) is 57.6 Å². The second kappa shape index (κ2) is 9.65. The summed E-state index contributed by atoms with van der Waals surface area (Å²) in [5, 5.41) is 14.5. The van der Waals surface area contributed by atoms with E-state index in [2.05, 4.69) is 15.0 Å². The molecule has 10 heteroatoms. The third-order valence-corrected chi connectivity index (χ3v) is 6.55. The van der Waals surface area contributed by atoms with Crippen molar-refractivity contribution < 1.29 is 23.9 Å². The summed E-state index contributed by atoms with van der Waals surface area (Å²) >= 11 is 7.06. The summed E-state index contributed by atoms with van der Waals surface area (Å²) < 4.78 is 15.6. The molecular formula is C20H25N3O5S2. The lowest BCUT2D eigenvalue weighted by Gasteiger charge is -2.26. The number of phenolic OH excluding ortho intramolecular Hbond substituents is 1. The molecule has 0 radical (unpaired) electrons. The van der Waals surface area contributed by atoms with Gasteiger partial charge in [-0.25, -0.2) is 4.79 Å². The minimum atomic E-state index is -0.512. The fourth-order valence-electron chi connectivity index (χ4n) is 3.55. The Kier molecular flexibility index (Phi) is 7.19. The first-order valence-electron chi connectivity index (χ1n) is 9.52. The first kappa shape index (κ1) is 22.4. The number of methoxy groups -OCH3 is 2. The van der Waals surface area contributed by atoms with Crippen molar-refractivity contribution in [3.05, 3.63) is 34.5 Å². The van der Waals surface area contributed by atoms with Crippen LogP contribution in [0.4, 0.5) is 0 Å². The maximum Gasteiger partial charge on any atom is 0.338 e. The van der Waals surface area contributed by atoms with E-state index in [-0.39, 0.29) is 11.8 Å². The van der Waals surface area contributed by atoms with Gasteiger partial charge in [0.2, 0.25) is 5.89 Å². The Morgan fingerprint density at radius 2 is 2.20 bits per heavy atom. The molecular weight excluding hydrogens is 426 g/mol. The van der Waals surface area contributed by atoms with Crippen molar-refractivity contribution in [3.63, 3.8) is 0 Å². The number of likely N-dealkylation sites (tertiary alicyclic amines) is 1. The largest absolute Gasteiger partial charge is 0.507 e. The fourth-order valence-corrected chi connectivity index (χ4v) is 5.07. The number of carbonyl (C=O) groups excluding carboxylic acids is 1. The molecule has 1 N–H and O–H groups in total. The molecule has 1 atom stereocenters. The number of esters is 1. The van der Waals surface area contributed by atoms with E-state index in [0.29, 0.717) is 45.7 Å².